The van der Waals surface area contributed by atoms with Gasteiger partial charge in [-0.1, -0.05) is 6.92 Å². The number of nitrogens with one attached hydrogen (secondary N) is 1. The Bertz CT molecular complexity index is 870. The average Bonchev–Trinajstić information content (AvgIpc) is 3.08. The van der Waals surface area contributed by atoms with Gasteiger partial charge in [0.15, 0.2) is 0 Å². The van der Waals surface area contributed by atoms with Crippen molar-refractivity contribution in [3.63, 3.8) is 0 Å². The molecule has 1 aromatic carbocycles. The van der Waals surface area contributed by atoms with Crippen molar-refractivity contribution >= 4 is 0 Å². The highest BCUT2D eigenvalue weighted by Crippen LogP contribution is 2.38. The SMILES string of the molecule is CC1CN(C)CCC1c1cc(-c2ccncc2)c(-c2ccc(F)cc2)[nH]1. The fraction of sp³-hybridized carbons (Fsp3) is 0.318. The lowest BCUT2D eigenvalue weighted by atomic mass is 9.84. The van der Waals surface area contributed by atoms with Crippen molar-refractivity contribution in [1.29, 1.82) is 0 Å². The number of pyridine rings is 1. The summed E-state index contributed by atoms with van der Waals surface area (Å²) >= 11 is 0. The first-order valence-corrected chi connectivity index (χ1v) is 9.19. The van der Waals surface area contributed by atoms with Gasteiger partial charge in [0, 0.05) is 36.1 Å². The lowest BCUT2D eigenvalue weighted by Gasteiger charge is -2.34. The minimum absolute atomic E-state index is 0.213. The molecule has 0 spiro atoms. The van der Waals surface area contributed by atoms with Gasteiger partial charge in [-0.2, -0.15) is 0 Å². The summed E-state index contributed by atoms with van der Waals surface area (Å²) < 4.78 is 13.4. The molecule has 2 atom stereocenters. The molecule has 0 bridgehead atoms. The molecule has 1 N–H and O–H groups in total. The highest BCUT2D eigenvalue weighted by atomic mass is 19.1. The molecule has 0 radical (unpaired) electrons. The quantitative estimate of drug-likeness (QED) is 0.726. The third-order valence-electron chi connectivity index (χ3n) is 5.47. The maximum absolute atomic E-state index is 13.4. The van der Waals surface area contributed by atoms with E-state index in [0.29, 0.717) is 11.8 Å². The predicted molar refractivity (Wildman–Crippen MR) is 103 cm³/mol. The number of aromatic nitrogens is 2. The molecule has 3 heterocycles. The molecule has 4 rings (SSSR count). The van der Waals surface area contributed by atoms with Gasteiger partial charge in [-0.3, -0.25) is 4.98 Å². The van der Waals surface area contributed by atoms with Gasteiger partial charge in [0.1, 0.15) is 5.82 Å². The van der Waals surface area contributed by atoms with Crippen LogP contribution >= 0.6 is 0 Å². The molecule has 1 saturated heterocycles. The van der Waals surface area contributed by atoms with E-state index in [1.54, 1.807) is 0 Å². The van der Waals surface area contributed by atoms with E-state index in [0.717, 1.165) is 41.9 Å². The monoisotopic (exact) mass is 349 g/mol. The largest absolute Gasteiger partial charge is 0.358 e. The molecule has 26 heavy (non-hydrogen) atoms. The fourth-order valence-corrected chi connectivity index (χ4v) is 4.09. The van der Waals surface area contributed by atoms with Crippen LogP contribution in [0.3, 0.4) is 0 Å². The maximum atomic E-state index is 13.4. The van der Waals surface area contributed by atoms with Gasteiger partial charge in [0.05, 0.1) is 5.69 Å². The molecule has 1 fully saturated rings. The average molecular weight is 349 g/mol. The number of H-pyrrole nitrogens is 1. The first-order valence-electron chi connectivity index (χ1n) is 9.19. The van der Waals surface area contributed by atoms with Crippen LogP contribution in [0.15, 0.2) is 54.9 Å². The van der Waals surface area contributed by atoms with Crippen LogP contribution in [0.4, 0.5) is 4.39 Å². The van der Waals surface area contributed by atoms with E-state index in [-0.39, 0.29) is 5.82 Å². The predicted octanol–water partition coefficient (Wildman–Crippen LogP) is 4.94. The van der Waals surface area contributed by atoms with Crippen molar-refractivity contribution in [2.24, 2.45) is 5.92 Å². The van der Waals surface area contributed by atoms with E-state index < -0.39 is 0 Å². The minimum atomic E-state index is -0.213. The summed E-state index contributed by atoms with van der Waals surface area (Å²) in [6.45, 7) is 4.55. The second-order valence-corrected chi connectivity index (χ2v) is 7.39. The van der Waals surface area contributed by atoms with E-state index in [1.165, 1.54) is 17.8 Å². The first-order chi connectivity index (χ1) is 12.6. The molecule has 3 aromatic rings. The molecular formula is C22H24FN3. The standard InChI is InChI=1S/C22H24FN3/c1-15-14-26(2)12-9-19(15)21-13-20(16-7-10-24-11-8-16)22(25-21)17-3-5-18(23)6-4-17/h3-8,10-11,13,15,19,25H,9,12,14H2,1-2H3. The van der Waals surface area contributed by atoms with Crippen LogP contribution in [0.25, 0.3) is 22.4 Å². The fourth-order valence-electron chi connectivity index (χ4n) is 4.09. The topological polar surface area (TPSA) is 31.9 Å². The van der Waals surface area contributed by atoms with E-state index in [2.05, 4.69) is 34.9 Å². The van der Waals surface area contributed by atoms with Crippen LogP contribution in [0.1, 0.15) is 25.0 Å². The minimum Gasteiger partial charge on any atom is -0.358 e. The highest BCUT2D eigenvalue weighted by molar-refractivity contribution is 5.82. The smallest absolute Gasteiger partial charge is 0.123 e. The van der Waals surface area contributed by atoms with Crippen LogP contribution < -0.4 is 0 Å². The summed E-state index contributed by atoms with van der Waals surface area (Å²) in [5.41, 5.74) is 5.61. The van der Waals surface area contributed by atoms with Gasteiger partial charge < -0.3 is 9.88 Å². The Morgan fingerprint density at radius 2 is 1.81 bits per heavy atom. The van der Waals surface area contributed by atoms with Gasteiger partial charge in [-0.15, -0.1) is 0 Å². The van der Waals surface area contributed by atoms with Crippen molar-refractivity contribution < 1.29 is 4.39 Å². The molecule has 0 aliphatic carbocycles. The van der Waals surface area contributed by atoms with Crippen molar-refractivity contribution in [1.82, 2.24) is 14.9 Å². The van der Waals surface area contributed by atoms with Crippen LogP contribution in [-0.4, -0.2) is 35.0 Å². The summed E-state index contributed by atoms with van der Waals surface area (Å²) in [6.07, 6.45) is 4.78. The van der Waals surface area contributed by atoms with Crippen molar-refractivity contribution in [3.05, 3.63) is 66.4 Å². The van der Waals surface area contributed by atoms with E-state index in [9.17, 15) is 4.39 Å². The van der Waals surface area contributed by atoms with Crippen LogP contribution in [0, 0.1) is 11.7 Å². The first kappa shape index (κ1) is 17.0. The number of nitrogens with zero attached hydrogens (tertiary/aromatic N) is 2. The summed E-state index contributed by atoms with van der Waals surface area (Å²) in [5.74, 6) is 0.898. The third kappa shape index (κ3) is 3.29. The molecule has 3 nitrogen and oxygen atoms in total. The summed E-state index contributed by atoms with van der Waals surface area (Å²) in [4.78, 5) is 10.2. The zero-order chi connectivity index (χ0) is 18.1. The Morgan fingerprint density at radius 1 is 1.08 bits per heavy atom. The molecule has 1 aliphatic heterocycles. The van der Waals surface area contributed by atoms with Gasteiger partial charge in [-0.25, -0.2) is 4.39 Å². The Labute approximate surface area is 153 Å². The molecule has 1 aliphatic rings. The molecule has 2 aromatic heterocycles. The van der Waals surface area contributed by atoms with Crippen LogP contribution in [0.2, 0.25) is 0 Å². The van der Waals surface area contributed by atoms with Crippen molar-refractivity contribution in [2.45, 2.75) is 19.3 Å². The zero-order valence-electron chi connectivity index (χ0n) is 15.2. The number of rotatable bonds is 3. The van der Waals surface area contributed by atoms with Gasteiger partial charge in [0.2, 0.25) is 0 Å². The summed E-state index contributed by atoms with van der Waals surface area (Å²) in [5, 5.41) is 0. The maximum Gasteiger partial charge on any atom is 0.123 e. The normalized spacial score (nSPS) is 21.0. The third-order valence-corrected chi connectivity index (χ3v) is 5.47. The summed E-state index contributed by atoms with van der Waals surface area (Å²) in [7, 11) is 2.19. The Balaban J connectivity index is 1.79. The number of benzene rings is 1. The van der Waals surface area contributed by atoms with Gasteiger partial charge in [-0.05, 0) is 79.5 Å². The number of hydrogen-bond donors (Lipinski definition) is 1. The lowest BCUT2D eigenvalue weighted by Crippen LogP contribution is -2.35. The highest BCUT2D eigenvalue weighted by Gasteiger charge is 2.28. The zero-order valence-corrected chi connectivity index (χ0v) is 15.2. The molecule has 2 unspecified atom stereocenters. The van der Waals surface area contributed by atoms with Crippen molar-refractivity contribution in [2.75, 3.05) is 20.1 Å². The number of halogens is 1. The number of aromatic amines is 1. The molecular weight excluding hydrogens is 325 g/mol. The number of hydrogen-bond acceptors (Lipinski definition) is 2. The van der Waals surface area contributed by atoms with Crippen LogP contribution in [0.5, 0.6) is 0 Å². The van der Waals surface area contributed by atoms with Crippen LogP contribution in [-0.2, 0) is 0 Å². The van der Waals surface area contributed by atoms with Crippen molar-refractivity contribution in [3.8, 4) is 22.4 Å². The second kappa shape index (κ2) is 7.04. The molecule has 134 valence electrons. The second-order valence-electron chi connectivity index (χ2n) is 7.39. The van der Waals surface area contributed by atoms with E-state index >= 15 is 0 Å². The molecule has 0 saturated carbocycles. The Hall–Kier alpha value is -2.46. The summed E-state index contributed by atoms with van der Waals surface area (Å²) in [6, 6.07) is 13.0. The van der Waals surface area contributed by atoms with Gasteiger partial charge in [0.25, 0.3) is 0 Å². The molecule has 0 amide bonds. The van der Waals surface area contributed by atoms with Gasteiger partial charge >= 0.3 is 0 Å². The van der Waals surface area contributed by atoms with E-state index in [4.69, 9.17) is 0 Å². The number of likely N-dealkylation sites (tertiary alicyclic amines) is 1. The Morgan fingerprint density at radius 3 is 2.50 bits per heavy atom. The molecule has 4 heteroatoms. The number of piperidine rings is 1. The Kier molecular flexibility index (Phi) is 4.60. The lowest BCUT2D eigenvalue weighted by molar-refractivity contribution is 0.194. The van der Waals surface area contributed by atoms with E-state index in [1.807, 2.05) is 36.7 Å².